The number of Topliss-reactive ketones (excluding diaryl/α,β-unsaturated/α-hetero) is 1. The number of pyridine rings is 1. The predicted octanol–water partition coefficient (Wildman–Crippen LogP) is 3.95. The molecule has 27 heavy (non-hydrogen) atoms. The number of carbonyl (C=O) groups excluding carboxylic acids is 1. The van der Waals surface area contributed by atoms with E-state index in [0.29, 0.717) is 48.7 Å². The van der Waals surface area contributed by atoms with Crippen molar-refractivity contribution in [3.63, 3.8) is 0 Å². The van der Waals surface area contributed by atoms with Crippen LogP contribution in [0.5, 0.6) is 5.75 Å². The minimum atomic E-state index is -0.939. The van der Waals surface area contributed by atoms with Gasteiger partial charge in [-0.1, -0.05) is 12.1 Å². The van der Waals surface area contributed by atoms with Gasteiger partial charge in [-0.2, -0.15) is 0 Å². The summed E-state index contributed by atoms with van der Waals surface area (Å²) >= 11 is 0. The quantitative estimate of drug-likeness (QED) is 0.611. The Morgan fingerprint density at radius 2 is 1.93 bits per heavy atom. The Hall–Kier alpha value is -3.15. The number of imidazole rings is 1. The van der Waals surface area contributed by atoms with Crippen molar-refractivity contribution in [3.05, 3.63) is 65.1 Å². The van der Waals surface area contributed by atoms with Crippen LogP contribution in [0.15, 0.2) is 42.6 Å². The molecule has 0 amide bonds. The van der Waals surface area contributed by atoms with Crippen molar-refractivity contribution < 1.29 is 19.4 Å². The summed E-state index contributed by atoms with van der Waals surface area (Å²) in [6.45, 7) is 4.28. The minimum Gasteiger partial charge on any atom is -0.490 e. The number of nitrogens with zero attached hydrogens (tertiary/aromatic N) is 2. The van der Waals surface area contributed by atoms with Crippen LogP contribution in [0.3, 0.4) is 0 Å². The summed E-state index contributed by atoms with van der Waals surface area (Å²) in [6.07, 6.45) is 3.62. The van der Waals surface area contributed by atoms with E-state index >= 15 is 0 Å². The summed E-state index contributed by atoms with van der Waals surface area (Å²) in [5, 5.41) is 8.93. The first kappa shape index (κ1) is 18.6. The Labute approximate surface area is 157 Å². The molecular weight excluding hydrogens is 344 g/mol. The third-order valence-corrected chi connectivity index (χ3v) is 4.42. The summed E-state index contributed by atoms with van der Waals surface area (Å²) in [5.41, 5.74) is 3.22. The molecule has 0 aliphatic heterocycles. The van der Waals surface area contributed by atoms with Gasteiger partial charge in [0.25, 0.3) is 0 Å². The third kappa shape index (κ3) is 4.00. The van der Waals surface area contributed by atoms with Gasteiger partial charge in [-0.25, -0.2) is 9.78 Å². The van der Waals surface area contributed by atoms with E-state index in [1.165, 1.54) is 0 Å². The maximum atomic E-state index is 12.8. The second kappa shape index (κ2) is 8.03. The number of ketones is 1. The molecule has 0 bridgehead atoms. The van der Waals surface area contributed by atoms with Crippen molar-refractivity contribution in [2.45, 2.75) is 33.1 Å². The highest BCUT2D eigenvalue weighted by Crippen LogP contribution is 2.23. The van der Waals surface area contributed by atoms with Crippen molar-refractivity contribution in [1.82, 2.24) is 9.38 Å². The lowest BCUT2D eigenvalue weighted by molar-refractivity contribution is 0.0696. The van der Waals surface area contributed by atoms with E-state index in [1.54, 1.807) is 28.7 Å². The van der Waals surface area contributed by atoms with Gasteiger partial charge in [-0.05, 0) is 56.5 Å². The zero-order valence-corrected chi connectivity index (χ0v) is 15.4. The molecule has 0 atom stereocenters. The van der Waals surface area contributed by atoms with E-state index in [4.69, 9.17) is 9.84 Å². The van der Waals surface area contributed by atoms with E-state index in [9.17, 15) is 9.59 Å². The van der Waals surface area contributed by atoms with Crippen LogP contribution in [0.2, 0.25) is 0 Å². The lowest BCUT2D eigenvalue weighted by Gasteiger charge is -2.06. The van der Waals surface area contributed by atoms with E-state index < -0.39 is 5.97 Å². The fourth-order valence-electron chi connectivity index (χ4n) is 3.15. The van der Waals surface area contributed by atoms with Gasteiger partial charge < -0.3 is 9.84 Å². The van der Waals surface area contributed by atoms with Crippen LogP contribution in [0, 0.1) is 6.92 Å². The lowest BCUT2D eigenvalue weighted by Crippen LogP contribution is -2.06. The van der Waals surface area contributed by atoms with Gasteiger partial charge in [0.2, 0.25) is 0 Å². The molecule has 1 aromatic carbocycles. The molecule has 0 fully saturated rings. The van der Waals surface area contributed by atoms with E-state index in [2.05, 4.69) is 4.98 Å². The molecule has 0 aliphatic rings. The summed E-state index contributed by atoms with van der Waals surface area (Å²) in [7, 11) is 0. The second-order valence-electron chi connectivity index (χ2n) is 6.32. The summed E-state index contributed by atoms with van der Waals surface area (Å²) in [5.74, 6) is -0.234. The number of aromatic nitrogens is 2. The fourth-order valence-corrected chi connectivity index (χ4v) is 3.15. The zero-order valence-electron chi connectivity index (χ0n) is 15.4. The van der Waals surface area contributed by atoms with Gasteiger partial charge in [0.15, 0.2) is 17.2 Å². The minimum absolute atomic E-state index is 0.0378. The average molecular weight is 366 g/mol. The molecule has 6 heteroatoms. The second-order valence-corrected chi connectivity index (χ2v) is 6.32. The monoisotopic (exact) mass is 366 g/mol. The van der Waals surface area contributed by atoms with Crippen molar-refractivity contribution in [3.8, 4) is 5.75 Å². The number of carboxylic acid groups (broad SMARTS) is 1. The molecule has 0 aliphatic carbocycles. The molecule has 0 spiro atoms. The van der Waals surface area contributed by atoms with Crippen molar-refractivity contribution in [2.24, 2.45) is 0 Å². The number of aryl methyl sites for hydroxylation is 2. The van der Waals surface area contributed by atoms with Crippen LogP contribution < -0.4 is 4.74 Å². The Balaban J connectivity index is 1.70. The fraction of sp³-hybridized carbons (Fsp3) is 0.286. The molecule has 3 aromatic rings. The van der Waals surface area contributed by atoms with Gasteiger partial charge in [-0.3, -0.25) is 9.20 Å². The first-order chi connectivity index (χ1) is 13.0. The summed E-state index contributed by atoms with van der Waals surface area (Å²) in [4.78, 5) is 28.2. The van der Waals surface area contributed by atoms with E-state index in [-0.39, 0.29) is 11.3 Å². The molecule has 0 saturated heterocycles. The Morgan fingerprint density at radius 1 is 1.19 bits per heavy atom. The predicted molar refractivity (Wildman–Crippen MR) is 102 cm³/mol. The summed E-state index contributed by atoms with van der Waals surface area (Å²) < 4.78 is 7.39. The number of carbonyl (C=O) groups is 2. The molecule has 2 aromatic heterocycles. The number of aromatic carboxylic acids is 1. The zero-order chi connectivity index (χ0) is 19.4. The highest BCUT2D eigenvalue weighted by Gasteiger charge is 2.18. The molecule has 140 valence electrons. The maximum Gasteiger partial charge on any atom is 0.335 e. The number of ether oxygens (including phenoxy) is 1. The molecule has 0 unspecified atom stereocenters. The molecule has 6 nitrogen and oxygen atoms in total. The van der Waals surface area contributed by atoms with Crippen LogP contribution in [0.4, 0.5) is 0 Å². The molecule has 2 heterocycles. The van der Waals surface area contributed by atoms with Crippen molar-refractivity contribution >= 4 is 17.4 Å². The normalized spacial score (nSPS) is 10.9. The number of hydrogen-bond donors (Lipinski definition) is 1. The molecule has 3 rings (SSSR count). The number of fused-ring (bicyclic) bond motifs is 1. The van der Waals surface area contributed by atoms with Gasteiger partial charge in [0, 0.05) is 12.6 Å². The van der Waals surface area contributed by atoms with Crippen LogP contribution >= 0.6 is 0 Å². The molecule has 0 radical (unpaired) electrons. The lowest BCUT2D eigenvalue weighted by atomic mass is 10.0. The highest BCUT2D eigenvalue weighted by atomic mass is 16.5. The standard InChI is InChI=1S/C21H22N2O4/c1-3-27-18-8-5-13-23-19(14(2)22-20(18)23)17(24)7-4-6-15-9-11-16(12-10-15)21(25)26/h5,8-13H,3-4,6-7H2,1-2H3,(H,25,26). The molecule has 1 N–H and O–H groups in total. The Bertz CT molecular complexity index is 974. The van der Waals surface area contributed by atoms with Gasteiger partial charge in [0.1, 0.15) is 5.69 Å². The number of carboxylic acids is 1. The first-order valence-electron chi connectivity index (χ1n) is 8.97. The average Bonchev–Trinajstić information content (AvgIpc) is 2.99. The topological polar surface area (TPSA) is 80.9 Å². The Morgan fingerprint density at radius 3 is 2.59 bits per heavy atom. The van der Waals surface area contributed by atoms with Gasteiger partial charge in [-0.15, -0.1) is 0 Å². The number of benzene rings is 1. The van der Waals surface area contributed by atoms with E-state index in [1.807, 2.05) is 32.2 Å². The molecule has 0 saturated carbocycles. The number of hydrogen-bond acceptors (Lipinski definition) is 4. The first-order valence-corrected chi connectivity index (χ1v) is 8.97. The van der Waals surface area contributed by atoms with E-state index in [0.717, 1.165) is 5.56 Å². The van der Waals surface area contributed by atoms with Crippen LogP contribution in [0.25, 0.3) is 5.65 Å². The summed E-state index contributed by atoms with van der Waals surface area (Å²) in [6, 6.07) is 10.5. The largest absolute Gasteiger partial charge is 0.490 e. The van der Waals surface area contributed by atoms with Gasteiger partial charge in [0.05, 0.1) is 17.9 Å². The van der Waals surface area contributed by atoms with Gasteiger partial charge >= 0.3 is 5.97 Å². The van der Waals surface area contributed by atoms with Crippen LogP contribution in [-0.4, -0.2) is 32.9 Å². The highest BCUT2D eigenvalue weighted by molar-refractivity contribution is 5.96. The Kier molecular flexibility index (Phi) is 5.54. The van der Waals surface area contributed by atoms with Crippen molar-refractivity contribution in [1.29, 1.82) is 0 Å². The van der Waals surface area contributed by atoms with Crippen LogP contribution in [-0.2, 0) is 6.42 Å². The van der Waals surface area contributed by atoms with Crippen LogP contribution in [0.1, 0.15) is 51.9 Å². The number of rotatable bonds is 8. The third-order valence-electron chi connectivity index (χ3n) is 4.42. The SMILES string of the molecule is CCOc1cccn2c(C(=O)CCCc3ccc(C(=O)O)cc3)c(C)nc12. The maximum absolute atomic E-state index is 12.8. The smallest absolute Gasteiger partial charge is 0.335 e. The van der Waals surface area contributed by atoms with Crippen molar-refractivity contribution in [2.75, 3.05) is 6.61 Å². The molecular formula is C21H22N2O4.